The highest BCUT2D eigenvalue weighted by molar-refractivity contribution is 5.37. The number of nitrogens with zero attached hydrogens (tertiary/aromatic N) is 3. The summed E-state index contributed by atoms with van der Waals surface area (Å²) in [5, 5.41) is 11.8. The van der Waals surface area contributed by atoms with Crippen LogP contribution in [0, 0.1) is 0 Å². The third kappa shape index (κ3) is 5.32. The summed E-state index contributed by atoms with van der Waals surface area (Å²) in [6, 6.07) is 12.2. The lowest BCUT2D eigenvalue weighted by Crippen LogP contribution is -2.46. The van der Waals surface area contributed by atoms with E-state index in [1.165, 1.54) is 12.8 Å². The summed E-state index contributed by atoms with van der Waals surface area (Å²) in [6.07, 6.45) is 5.08. The summed E-state index contributed by atoms with van der Waals surface area (Å²) < 4.78 is 10.9. The van der Waals surface area contributed by atoms with Crippen molar-refractivity contribution in [2.45, 2.75) is 25.3 Å². The zero-order valence-corrected chi connectivity index (χ0v) is 14.7. The van der Waals surface area contributed by atoms with Crippen LogP contribution in [0.5, 0.6) is 11.5 Å². The van der Waals surface area contributed by atoms with Gasteiger partial charge in [0.25, 0.3) is 0 Å². The first-order chi connectivity index (χ1) is 12.3. The van der Waals surface area contributed by atoms with Crippen LogP contribution < -0.4 is 19.7 Å². The second-order valence-corrected chi connectivity index (χ2v) is 6.20. The molecular weight excluding hydrogens is 316 g/mol. The first-order valence-corrected chi connectivity index (χ1v) is 8.88. The smallest absolute Gasteiger partial charge is 0.151 e. The molecule has 0 spiro atoms. The number of nitrogens with one attached hydrogen (secondary N) is 1. The van der Waals surface area contributed by atoms with Crippen LogP contribution in [0.4, 0.5) is 5.82 Å². The maximum Gasteiger partial charge on any atom is 0.151 e. The van der Waals surface area contributed by atoms with Gasteiger partial charge in [-0.25, -0.2) is 0 Å². The Morgan fingerprint density at radius 1 is 1.20 bits per heavy atom. The Balaban J connectivity index is 1.34. The predicted molar refractivity (Wildman–Crippen MR) is 98.4 cm³/mol. The molecule has 1 aromatic heterocycles. The summed E-state index contributed by atoms with van der Waals surface area (Å²) in [6.45, 7) is 3.70. The second kappa shape index (κ2) is 9.22. The minimum atomic E-state index is 0.497. The van der Waals surface area contributed by atoms with E-state index >= 15 is 0 Å². The van der Waals surface area contributed by atoms with Gasteiger partial charge in [0, 0.05) is 25.3 Å². The molecule has 0 unspecified atom stereocenters. The van der Waals surface area contributed by atoms with Crippen molar-refractivity contribution in [3.05, 3.63) is 42.6 Å². The Hall–Kier alpha value is -2.34. The number of piperidine rings is 1. The molecule has 0 bridgehead atoms. The quantitative estimate of drug-likeness (QED) is 0.744. The highest BCUT2D eigenvalue weighted by atomic mass is 16.5. The van der Waals surface area contributed by atoms with Crippen molar-refractivity contribution in [1.82, 2.24) is 15.5 Å². The monoisotopic (exact) mass is 342 g/mol. The highest BCUT2D eigenvalue weighted by Gasteiger charge is 2.20. The predicted octanol–water partition coefficient (Wildman–Crippen LogP) is 2.51. The topological polar surface area (TPSA) is 59.5 Å². The van der Waals surface area contributed by atoms with Crippen LogP contribution in [0.3, 0.4) is 0 Å². The lowest BCUT2D eigenvalue weighted by atomic mass is 10.1. The first-order valence-electron chi connectivity index (χ1n) is 8.88. The average molecular weight is 342 g/mol. The van der Waals surface area contributed by atoms with Crippen LogP contribution in [0.15, 0.2) is 42.6 Å². The van der Waals surface area contributed by atoms with Gasteiger partial charge in [0.15, 0.2) is 5.82 Å². The first kappa shape index (κ1) is 17.5. The van der Waals surface area contributed by atoms with Gasteiger partial charge in [-0.1, -0.05) is 0 Å². The Labute approximate surface area is 149 Å². The van der Waals surface area contributed by atoms with E-state index in [-0.39, 0.29) is 0 Å². The number of rotatable bonds is 8. The molecule has 2 heterocycles. The summed E-state index contributed by atoms with van der Waals surface area (Å²) in [7, 11) is 1.66. The van der Waals surface area contributed by atoms with Crippen LogP contribution in [0.1, 0.15) is 19.3 Å². The van der Waals surface area contributed by atoms with Crippen LogP contribution in [-0.2, 0) is 0 Å². The molecule has 6 heteroatoms. The van der Waals surface area contributed by atoms with Gasteiger partial charge >= 0.3 is 0 Å². The summed E-state index contributed by atoms with van der Waals surface area (Å²) in [5.74, 6) is 2.70. The molecule has 0 saturated carbocycles. The van der Waals surface area contributed by atoms with Crippen LogP contribution in [0.25, 0.3) is 0 Å². The summed E-state index contributed by atoms with van der Waals surface area (Å²) in [5.41, 5.74) is 0. The van der Waals surface area contributed by atoms with E-state index in [4.69, 9.17) is 9.47 Å². The number of hydrogen-bond donors (Lipinski definition) is 1. The van der Waals surface area contributed by atoms with Gasteiger partial charge in [-0.15, -0.1) is 5.10 Å². The van der Waals surface area contributed by atoms with Crippen LogP contribution >= 0.6 is 0 Å². The fourth-order valence-corrected chi connectivity index (χ4v) is 3.05. The SMILES string of the molecule is COc1ccc(OCCCN[C@@H]2CCCN(c3cccnn3)C2)cc1. The van der Waals surface area contributed by atoms with Crippen molar-refractivity contribution >= 4 is 5.82 Å². The molecule has 0 aliphatic carbocycles. The molecular formula is C19H26N4O2. The summed E-state index contributed by atoms with van der Waals surface area (Å²) in [4.78, 5) is 2.31. The molecule has 1 aromatic carbocycles. The second-order valence-electron chi connectivity index (χ2n) is 6.20. The lowest BCUT2D eigenvalue weighted by molar-refractivity contribution is 0.301. The fourth-order valence-electron chi connectivity index (χ4n) is 3.05. The van der Waals surface area contributed by atoms with E-state index in [1.54, 1.807) is 13.3 Å². The van der Waals surface area contributed by atoms with Gasteiger partial charge in [0.05, 0.1) is 13.7 Å². The molecule has 0 radical (unpaired) electrons. The standard InChI is InChI=1S/C19H26N4O2/c1-24-17-7-9-18(10-8-17)25-14-4-11-20-16-5-3-13-23(15-16)19-6-2-12-21-22-19/h2,6-10,12,16,20H,3-5,11,13-15H2,1H3/t16-/m1/s1. The van der Waals surface area contributed by atoms with E-state index in [2.05, 4.69) is 20.4 Å². The van der Waals surface area contributed by atoms with Gasteiger partial charge < -0.3 is 19.7 Å². The maximum absolute atomic E-state index is 5.76. The van der Waals surface area contributed by atoms with Crippen molar-refractivity contribution in [3.8, 4) is 11.5 Å². The van der Waals surface area contributed by atoms with Gasteiger partial charge in [0.1, 0.15) is 11.5 Å². The average Bonchev–Trinajstić information content (AvgIpc) is 2.69. The molecule has 134 valence electrons. The Morgan fingerprint density at radius 2 is 2.04 bits per heavy atom. The fraction of sp³-hybridized carbons (Fsp3) is 0.474. The van der Waals surface area contributed by atoms with Crippen LogP contribution in [-0.4, -0.2) is 49.6 Å². The molecule has 25 heavy (non-hydrogen) atoms. The van der Waals surface area contributed by atoms with Gasteiger partial charge in [-0.05, 0) is 62.2 Å². The third-order valence-electron chi connectivity index (χ3n) is 4.39. The molecule has 0 amide bonds. The summed E-state index contributed by atoms with van der Waals surface area (Å²) >= 11 is 0. The zero-order valence-electron chi connectivity index (χ0n) is 14.7. The Bertz CT molecular complexity index is 621. The van der Waals surface area contributed by atoms with Crippen molar-refractivity contribution in [3.63, 3.8) is 0 Å². The van der Waals surface area contributed by atoms with E-state index in [0.717, 1.165) is 43.4 Å². The highest BCUT2D eigenvalue weighted by Crippen LogP contribution is 2.18. The number of hydrogen-bond acceptors (Lipinski definition) is 6. The van der Waals surface area contributed by atoms with E-state index in [1.807, 2.05) is 36.4 Å². The molecule has 1 aliphatic heterocycles. The molecule has 1 atom stereocenters. The molecule has 1 fully saturated rings. The minimum Gasteiger partial charge on any atom is -0.497 e. The van der Waals surface area contributed by atoms with Crippen molar-refractivity contribution < 1.29 is 9.47 Å². The molecule has 1 aliphatic rings. The molecule has 1 N–H and O–H groups in total. The lowest BCUT2D eigenvalue weighted by Gasteiger charge is -2.33. The largest absolute Gasteiger partial charge is 0.497 e. The number of ether oxygens (including phenoxy) is 2. The van der Waals surface area contributed by atoms with E-state index in [0.29, 0.717) is 12.6 Å². The zero-order chi connectivity index (χ0) is 17.3. The Morgan fingerprint density at radius 3 is 2.80 bits per heavy atom. The van der Waals surface area contributed by atoms with Gasteiger partial charge in [-0.2, -0.15) is 5.10 Å². The number of benzene rings is 1. The third-order valence-corrected chi connectivity index (χ3v) is 4.39. The molecule has 1 saturated heterocycles. The number of anilines is 1. The maximum atomic E-state index is 5.76. The normalized spacial score (nSPS) is 17.3. The number of aromatic nitrogens is 2. The molecule has 3 rings (SSSR count). The molecule has 6 nitrogen and oxygen atoms in total. The van der Waals surface area contributed by atoms with Crippen molar-refractivity contribution in [2.75, 3.05) is 38.3 Å². The van der Waals surface area contributed by atoms with Crippen molar-refractivity contribution in [2.24, 2.45) is 0 Å². The molecule has 2 aromatic rings. The van der Waals surface area contributed by atoms with Crippen molar-refractivity contribution in [1.29, 1.82) is 0 Å². The van der Waals surface area contributed by atoms with E-state index in [9.17, 15) is 0 Å². The van der Waals surface area contributed by atoms with Crippen LogP contribution in [0.2, 0.25) is 0 Å². The van der Waals surface area contributed by atoms with Gasteiger partial charge in [-0.3, -0.25) is 0 Å². The minimum absolute atomic E-state index is 0.497. The van der Waals surface area contributed by atoms with E-state index < -0.39 is 0 Å². The van der Waals surface area contributed by atoms with Gasteiger partial charge in [0.2, 0.25) is 0 Å². The number of methoxy groups -OCH3 is 1. The Kier molecular flexibility index (Phi) is 6.45.